The van der Waals surface area contributed by atoms with Crippen LogP contribution in [0.2, 0.25) is 0 Å². The molecule has 0 radical (unpaired) electrons. The van der Waals surface area contributed by atoms with E-state index in [2.05, 4.69) is 0 Å². The zero-order valence-electron chi connectivity index (χ0n) is 6.13. The van der Waals surface area contributed by atoms with E-state index < -0.39 is 25.4 Å². The molecule has 0 heterocycles. The second kappa shape index (κ2) is 3.51. The first kappa shape index (κ1) is 11.5. The van der Waals surface area contributed by atoms with Gasteiger partial charge in [-0.15, -0.1) is 0 Å². The van der Waals surface area contributed by atoms with Gasteiger partial charge in [-0.2, -0.15) is 22.0 Å². The lowest BCUT2D eigenvalue weighted by Gasteiger charge is -2.23. The summed E-state index contributed by atoms with van der Waals surface area (Å²) < 4.78 is 69.9. The smallest absolute Gasteiger partial charge is 0.273 e. The minimum Gasteiger partial charge on any atom is -0.273 e. The summed E-state index contributed by atoms with van der Waals surface area (Å²) >= 11 is 0. The lowest BCUT2D eigenvalue weighted by atomic mass is 10.3. The molecule has 0 bridgehead atoms. The van der Waals surface area contributed by atoms with Crippen LogP contribution >= 0.6 is 0 Å². The summed E-state index contributed by atoms with van der Waals surface area (Å²) in [5.74, 6) is -4.85. The summed E-state index contributed by atoms with van der Waals surface area (Å²) in [7, 11) is 0.833. The first-order chi connectivity index (χ1) is 5.20. The molecule has 0 unspecified atom stereocenters. The van der Waals surface area contributed by atoms with Gasteiger partial charge in [-0.25, -0.2) is 4.39 Å². The Morgan fingerprint density at radius 2 is 1.50 bits per heavy atom. The van der Waals surface area contributed by atoms with Gasteiger partial charge in [0.2, 0.25) is 0 Å². The summed E-state index contributed by atoms with van der Waals surface area (Å²) in [5.41, 5.74) is 0. The van der Waals surface area contributed by atoms with Crippen molar-refractivity contribution >= 4 is 0 Å². The quantitative estimate of drug-likeness (QED) is 0.492. The van der Waals surface area contributed by atoms with Gasteiger partial charge in [-0.1, -0.05) is 0 Å². The molecule has 0 aliphatic heterocycles. The third-order valence-corrected chi connectivity index (χ3v) is 1.09. The zero-order valence-corrected chi connectivity index (χ0v) is 6.13. The molecule has 12 heavy (non-hydrogen) atoms. The van der Waals surface area contributed by atoms with Gasteiger partial charge in [0.25, 0.3) is 0 Å². The zero-order chi connectivity index (χ0) is 9.99. The van der Waals surface area contributed by atoms with Crippen LogP contribution < -0.4 is 0 Å². The molecule has 0 aromatic heterocycles. The number of alkyl halides is 6. The molecule has 0 aromatic carbocycles. The van der Waals surface area contributed by atoms with E-state index in [4.69, 9.17) is 0 Å². The van der Waals surface area contributed by atoms with Gasteiger partial charge in [-0.3, -0.25) is 4.90 Å². The molecule has 0 spiro atoms. The van der Waals surface area contributed by atoms with Gasteiger partial charge in [-0.05, 0) is 7.05 Å². The fourth-order valence-electron chi connectivity index (χ4n) is 0.471. The molecule has 0 aromatic rings. The number of hydrogen-bond acceptors (Lipinski definition) is 1. The molecule has 0 atom stereocenters. The molecular formula is C5H7F6N. The van der Waals surface area contributed by atoms with Crippen molar-refractivity contribution in [3.8, 4) is 0 Å². The van der Waals surface area contributed by atoms with Gasteiger partial charge in [0.05, 0.1) is 6.54 Å². The molecule has 0 N–H and O–H groups in total. The predicted octanol–water partition coefficient (Wildman–Crippen LogP) is 2.04. The van der Waals surface area contributed by atoms with Crippen molar-refractivity contribution in [3.63, 3.8) is 0 Å². The second-order valence-electron chi connectivity index (χ2n) is 2.34. The second-order valence-corrected chi connectivity index (χ2v) is 2.34. The molecule has 0 fully saturated rings. The minimum absolute atomic E-state index is 0.244. The summed E-state index contributed by atoms with van der Waals surface area (Å²) in [6, 6.07) is 0. The Morgan fingerprint density at radius 3 is 1.75 bits per heavy atom. The predicted molar refractivity (Wildman–Crippen MR) is 29.6 cm³/mol. The Labute approximate surface area is 65.0 Å². The Hall–Kier alpha value is -0.460. The topological polar surface area (TPSA) is 3.24 Å². The molecule has 0 rings (SSSR count). The highest BCUT2D eigenvalue weighted by Crippen LogP contribution is 2.35. The van der Waals surface area contributed by atoms with E-state index in [1.165, 1.54) is 0 Å². The van der Waals surface area contributed by atoms with E-state index >= 15 is 0 Å². The van der Waals surface area contributed by atoms with Crippen molar-refractivity contribution in [3.05, 3.63) is 0 Å². The van der Waals surface area contributed by atoms with Crippen LogP contribution in [0.15, 0.2) is 0 Å². The molecule has 0 aliphatic rings. The Balaban J connectivity index is 4.22. The van der Waals surface area contributed by atoms with Gasteiger partial charge < -0.3 is 0 Å². The van der Waals surface area contributed by atoms with Crippen LogP contribution in [0.5, 0.6) is 0 Å². The fraction of sp³-hybridized carbons (Fsp3) is 1.00. The summed E-state index contributed by atoms with van der Waals surface area (Å²) in [4.78, 5) is 0.244. The fourth-order valence-corrected chi connectivity index (χ4v) is 0.471. The van der Waals surface area contributed by atoms with Crippen LogP contribution in [-0.2, 0) is 0 Å². The number of rotatable bonds is 3. The molecule has 1 nitrogen and oxygen atoms in total. The summed E-state index contributed by atoms with van der Waals surface area (Å²) in [6.45, 7) is -3.00. The van der Waals surface area contributed by atoms with Crippen LogP contribution in [0.1, 0.15) is 0 Å². The summed E-state index contributed by atoms with van der Waals surface area (Å²) in [5, 5.41) is 0. The maximum absolute atomic E-state index is 12.0. The van der Waals surface area contributed by atoms with Crippen LogP contribution in [0.25, 0.3) is 0 Å². The van der Waals surface area contributed by atoms with Crippen LogP contribution in [-0.4, -0.2) is 37.4 Å². The standard InChI is InChI=1S/C5H7F6N/c1-12(3-6)2-4(7,8)5(9,10)11/h2-3H2,1H3. The normalized spacial score (nSPS) is 14.0. The monoisotopic (exact) mass is 195 g/mol. The number of hydrogen-bond donors (Lipinski definition) is 0. The average Bonchev–Trinajstić information content (AvgIpc) is 1.84. The van der Waals surface area contributed by atoms with Crippen molar-refractivity contribution in [2.45, 2.75) is 12.1 Å². The maximum Gasteiger partial charge on any atom is 0.454 e. The SMILES string of the molecule is CN(CF)CC(F)(F)C(F)(F)F. The highest BCUT2D eigenvalue weighted by atomic mass is 19.4. The molecule has 0 aliphatic carbocycles. The molecular weight excluding hydrogens is 188 g/mol. The first-order valence-electron chi connectivity index (χ1n) is 2.90. The lowest BCUT2D eigenvalue weighted by Crippen LogP contribution is -2.45. The minimum atomic E-state index is -5.61. The van der Waals surface area contributed by atoms with Gasteiger partial charge >= 0.3 is 12.1 Å². The molecule has 7 heteroatoms. The van der Waals surface area contributed by atoms with Crippen LogP contribution in [0.4, 0.5) is 26.3 Å². The molecule has 0 amide bonds. The average molecular weight is 195 g/mol. The van der Waals surface area contributed by atoms with Crippen molar-refractivity contribution in [1.29, 1.82) is 0 Å². The molecule has 74 valence electrons. The highest BCUT2D eigenvalue weighted by molar-refractivity contribution is 4.78. The number of nitrogens with zero attached hydrogens (tertiary/aromatic N) is 1. The van der Waals surface area contributed by atoms with E-state index in [0.29, 0.717) is 0 Å². The van der Waals surface area contributed by atoms with Gasteiger partial charge in [0, 0.05) is 0 Å². The third-order valence-electron chi connectivity index (χ3n) is 1.09. The van der Waals surface area contributed by atoms with Gasteiger partial charge in [0.15, 0.2) is 0 Å². The van der Waals surface area contributed by atoms with E-state index in [1.54, 1.807) is 0 Å². The summed E-state index contributed by atoms with van der Waals surface area (Å²) in [6.07, 6.45) is -5.61. The van der Waals surface area contributed by atoms with Crippen molar-refractivity contribution in [2.75, 3.05) is 20.4 Å². The largest absolute Gasteiger partial charge is 0.454 e. The maximum atomic E-state index is 12.0. The Kier molecular flexibility index (Phi) is 3.37. The Bertz CT molecular complexity index is 141. The molecule has 0 saturated carbocycles. The van der Waals surface area contributed by atoms with Gasteiger partial charge in [0.1, 0.15) is 6.80 Å². The van der Waals surface area contributed by atoms with Crippen molar-refractivity contribution < 1.29 is 26.3 Å². The van der Waals surface area contributed by atoms with E-state index in [-0.39, 0.29) is 4.90 Å². The number of halogens is 6. The van der Waals surface area contributed by atoms with Crippen molar-refractivity contribution in [2.24, 2.45) is 0 Å². The highest BCUT2D eigenvalue weighted by Gasteiger charge is 2.57. The van der Waals surface area contributed by atoms with Crippen LogP contribution in [0, 0.1) is 0 Å². The van der Waals surface area contributed by atoms with E-state index in [0.717, 1.165) is 7.05 Å². The van der Waals surface area contributed by atoms with Crippen molar-refractivity contribution in [1.82, 2.24) is 4.90 Å². The first-order valence-corrected chi connectivity index (χ1v) is 2.90. The Morgan fingerprint density at radius 1 is 1.08 bits per heavy atom. The third kappa shape index (κ3) is 2.88. The van der Waals surface area contributed by atoms with Crippen LogP contribution in [0.3, 0.4) is 0 Å². The van der Waals surface area contributed by atoms with E-state index in [1.807, 2.05) is 0 Å². The molecule has 0 saturated heterocycles. The lowest BCUT2D eigenvalue weighted by molar-refractivity contribution is -0.286. The van der Waals surface area contributed by atoms with E-state index in [9.17, 15) is 26.3 Å².